The van der Waals surface area contributed by atoms with Crippen LogP contribution in [-0.2, 0) is 33.6 Å². The Labute approximate surface area is 266 Å². The number of likely N-dealkylation sites (tertiary alicyclic amines) is 1. The van der Waals surface area contributed by atoms with Crippen molar-refractivity contribution in [2.45, 2.75) is 97.2 Å². The molecule has 0 spiro atoms. The van der Waals surface area contributed by atoms with Crippen molar-refractivity contribution in [3.05, 3.63) is 53.0 Å². The standard InChI is InChI=1S/C35H45BN3O6/c1-33(2,3)44-32(40)39-17-20(18-42-8)13-28(39)31-37-27-12-9-21-15-26-24-11-10-23(36-45-35(6,7)34(4,5)41)14-22(24)19-43-29(26)16-25(21)30(27)38-31/h10-11,14-16,20,28,41H,9,12-13,17-19H2,1-8H3,(H,37,38). The van der Waals surface area contributed by atoms with Gasteiger partial charge in [-0.05, 0) is 96.6 Å². The number of H-pyrrole nitrogens is 1. The zero-order valence-electron chi connectivity index (χ0n) is 27.7. The van der Waals surface area contributed by atoms with Crippen molar-refractivity contribution in [2.75, 3.05) is 20.3 Å². The monoisotopic (exact) mass is 614 g/mol. The molecule has 0 bridgehead atoms. The third kappa shape index (κ3) is 6.24. The normalized spacial score (nSPS) is 19.3. The number of ether oxygens (including phenoxy) is 3. The highest BCUT2D eigenvalue weighted by Gasteiger charge is 2.41. The minimum Gasteiger partial charge on any atom is -0.488 e. The Bertz CT molecular complexity index is 1600. The third-order valence-electron chi connectivity index (χ3n) is 9.40. The second kappa shape index (κ2) is 11.5. The molecule has 10 heteroatoms. The molecule has 1 aromatic heterocycles. The largest absolute Gasteiger partial charge is 0.488 e. The first kappa shape index (κ1) is 31.6. The van der Waals surface area contributed by atoms with Gasteiger partial charge in [0.2, 0.25) is 0 Å². The number of nitrogens with one attached hydrogen (secondary N) is 1. The summed E-state index contributed by atoms with van der Waals surface area (Å²) in [6.07, 6.45) is 2.15. The molecular formula is C35H45BN3O6. The van der Waals surface area contributed by atoms with Gasteiger partial charge >= 0.3 is 13.6 Å². The summed E-state index contributed by atoms with van der Waals surface area (Å²) >= 11 is 0. The van der Waals surface area contributed by atoms with E-state index in [-0.39, 0.29) is 18.1 Å². The van der Waals surface area contributed by atoms with E-state index in [1.165, 1.54) is 5.56 Å². The summed E-state index contributed by atoms with van der Waals surface area (Å²) in [5.41, 5.74) is 6.24. The molecule has 45 heavy (non-hydrogen) atoms. The molecule has 2 unspecified atom stereocenters. The number of aromatic nitrogens is 2. The van der Waals surface area contributed by atoms with Gasteiger partial charge in [0.1, 0.15) is 23.8 Å². The number of imidazole rings is 1. The number of nitrogens with zero attached hydrogens (tertiary/aromatic N) is 2. The summed E-state index contributed by atoms with van der Waals surface area (Å²) in [6.45, 7) is 14.5. The molecule has 0 saturated carbocycles. The minimum atomic E-state index is -0.991. The molecular weight excluding hydrogens is 569 g/mol. The summed E-state index contributed by atoms with van der Waals surface area (Å²) in [4.78, 5) is 23.7. The zero-order chi connectivity index (χ0) is 32.3. The maximum atomic E-state index is 13.2. The number of carbonyl (C=O) groups excluding carboxylic acids is 1. The Balaban J connectivity index is 1.26. The molecule has 1 aliphatic carbocycles. The van der Waals surface area contributed by atoms with E-state index in [1.807, 2.05) is 40.7 Å². The summed E-state index contributed by atoms with van der Waals surface area (Å²) in [7, 11) is 3.41. The van der Waals surface area contributed by atoms with Crippen molar-refractivity contribution in [3.63, 3.8) is 0 Å². The fourth-order valence-corrected chi connectivity index (χ4v) is 6.28. The first-order valence-electron chi connectivity index (χ1n) is 15.9. The number of hydrogen-bond donors (Lipinski definition) is 2. The lowest BCUT2D eigenvalue weighted by molar-refractivity contribution is -0.0893. The Morgan fingerprint density at radius 2 is 1.84 bits per heavy atom. The molecule has 239 valence electrons. The summed E-state index contributed by atoms with van der Waals surface area (Å²) in [6, 6.07) is 10.4. The quantitative estimate of drug-likeness (QED) is 0.339. The Kier molecular flexibility index (Phi) is 8.07. The lowest BCUT2D eigenvalue weighted by atomic mass is 9.80. The number of carbonyl (C=O) groups is 1. The average Bonchev–Trinajstić information content (AvgIpc) is 3.58. The van der Waals surface area contributed by atoms with Crippen molar-refractivity contribution in [1.29, 1.82) is 0 Å². The smallest absolute Gasteiger partial charge is 0.410 e. The van der Waals surface area contributed by atoms with Gasteiger partial charge in [-0.3, -0.25) is 4.90 Å². The number of hydrogen-bond acceptors (Lipinski definition) is 7. The van der Waals surface area contributed by atoms with Crippen LogP contribution in [0.25, 0.3) is 22.4 Å². The van der Waals surface area contributed by atoms with Crippen molar-refractivity contribution in [1.82, 2.24) is 14.9 Å². The maximum absolute atomic E-state index is 13.2. The van der Waals surface area contributed by atoms with Gasteiger partial charge in [0.05, 0.1) is 29.5 Å². The lowest BCUT2D eigenvalue weighted by Crippen LogP contribution is -2.49. The van der Waals surface area contributed by atoms with Crippen LogP contribution in [0, 0.1) is 5.92 Å². The summed E-state index contributed by atoms with van der Waals surface area (Å²) in [5, 5.41) is 10.4. The number of methoxy groups -OCH3 is 1. The molecule has 1 fully saturated rings. The highest BCUT2D eigenvalue weighted by Crippen LogP contribution is 2.45. The van der Waals surface area contributed by atoms with Gasteiger partial charge in [0, 0.05) is 36.4 Å². The number of aliphatic hydroxyl groups is 1. The molecule has 2 aliphatic heterocycles. The lowest BCUT2D eigenvalue weighted by Gasteiger charge is -2.37. The Morgan fingerprint density at radius 3 is 2.56 bits per heavy atom. The fraction of sp³-hybridized carbons (Fsp3) is 0.543. The van der Waals surface area contributed by atoms with Crippen LogP contribution >= 0.6 is 0 Å². The number of amides is 1. The van der Waals surface area contributed by atoms with Crippen molar-refractivity contribution in [3.8, 4) is 28.1 Å². The Morgan fingerprint density at radius 1 is 1.07 bits per heavy atom. The average molecular weight is 615 g/mol. The summed E-state index contributed by atoms with van der Waals surface area (Å²) in [5.74, 6) is 1.84. The van der Waals surface area contributed by atoms with Crippen LogP contribution in [0.2, 0.25) is 0 Å². The molecule has 6 rings (SSSR count). The van der Waals surface area contributed by atoms with Crippen molar-refractivity contribution < 1.29 is 28.8 Å². The molecule has 3 aliphatic rings. The number of rotatable bonds is 7. The van der Waals surface area contributed by atoms with E-state index in [4.69, 9.17) is 23.8 Å². The van der Waals surface area contributed by atoms with E-state index in [0.717, 1.165) is 69.9 Å². The molecule has 2 atom stereocenters. The highest BCUT2D eigenvalue weighted by molar-refractivity contribution is 6.47. The fourth-order valence-electron chi connectivity index (χ4n) is 6.28. The molecule has 1 saturated heterocycles. The van der Waals surface area contributed by atoms with Crippen LogP contribution in [0.1, 0.15) is 83.6 Å². The second-order valence-electron chi connectivity index (χ2n) is 14.7. The van der Waals surface area contributed by atoms with E-state index in [1.54, 1.807) is 33.3 Å². The van der Waals surface area contributed by atoms with Gasteiger partial charge < -0.3 is 29.0 Å². The number of aromatic amines is 1. The third-order valence-corrected chi connectivity index (χ3v) is 9.40. The topological polar surface area (TPSA) is 106 Å². The molecule has 1 amide bonds. The first-order valence-corrected chi connectivity index (χ1v) is 15.9. The van der Waals surface area contributed by atoms with Gasteiger partial charge in [-0.25, -0.2) is 9.78 Å². The predicted molar refractivity (Wildman–Crippen MR) is 174 cm³/mol. The second-order valence-corrected chi connectivity index (χ2v) is 14.7. The first-order chi connectivity index (χ1) is 21.1. The molecule has 2 N–H and O–H groups in total. The van der Waals surface area contributed by atoms with E-state index in [2.05, 4.69) is 29.2 Å². The van der Waals surface area contributed by atoms with Gasteiger partial charge in [-0.2, -0.15) is 0 Å². The maximum Gasteiger partial charge on any atom is 0.410 e. The van der Waals surface area contributed by atoms with E-state index in [9.17, 15) is 9.90 Å². The van der Waals surface area contributed by atoms with Crippen LogP contribution in [0.15, 0.2) is 30.3 Å². The predicted octanol–water partition coefficient (Wildman–Crippen LogP) is 5.49. The molecule has 3 heterocycles. The molecule has 1 radical (unpaired) electrons. The van der Waals surface area contributed by atoms with Crippen molar-refractivity contribution >= 4 is 19.0 Å². The van der Waals surface area contributed by atoms with E-state index in [0.29, 0.717) is 19.8 Å². The van der Waals surface area contributed by atoms with Gasteiger partial charge in [0.25, 0.3) is 0 Å². The van der Waals surface area contributed by atoms with Crippen LogP contribution < -0.4 is 10.2 Å². The zero-order valence-corrected chi connectivity index (χ0v) is 27.7. The van der Waals surface area contributed by atoms with Crippen LogP contribution in [0.3, 0.4) is 0 Å². The van der Waals surface area contributed by atoms with Crippen LogP contribution in [0.5, 0.6) is 5.75 Å². The summed E-state index contributed by atoms with van der Waals surface area (Å²) < 4.78 is 23.5. The number of aryl methyl sites for hydroxylation is 2. The molecule has 3 aromatic rings. The van der Waals surface area contributed by atoms with Crippen LogP contribution in [-0.4, -0.2) is 70.6 Å². The number of fused-ring (bicyclic) bond motifs is 6. The molecule has 9 nitrogen and oxygen atoms in total. The van der Waals surface area contributed by atoms with Gasteiger partial charge in [-0.15, -0.1) is 0 Å². The Hall–Kier alpha value is -3.34. The van der Waals surface area contributed by atoms with Gasteiger partial charge in [-0.1, -0.05) is 23.7 Å². The molecule has 2 aromatic carbocycles. The SMILES string of the molecule is COCC1CC(c2nc3c([nH]2)CCc2cc4c(cc2-3)OCc2cc([B]OC(C)(C)C(C)(C)O)ccc2-4)N(C(=O)OC(C)(C)C)C1. The highest BCUT2D eigenvalue weighted by atomic mass is 16.6. The van der Waals surface area contributed by atoms with E-state index >= 15 is 0 Å². The van der Waals surface area contributed by atoms with Gasteiger partial charge in [0.15, 0.2) is 0 Å². The van der Waals surface area contributed by atoms with Crippen molar-refractivity contribution in [2.24, 2.45) is 5.92 Å². The number of benzene rings is 2. The van der Waals surface area contributed by atoms with E-state index < -0.39 is 16.8 Å². The minimum absolute atomic E-state index is 0.208. The van der Waals surface area contributed by atoms with Crippen LogP contribution in [0.4, 0.5) is 4.79 Å².